The molecule has 3 aromatic rings. The Labute approximate surface area is 145 Å². The molecule has 0 aliphatic carbocycles. The van der Waals surface area contributed by atoms with Gasteiger partial charge in [-0.2, -0.15) is 0 Å². The van der Waals surface area contributed by atoms with Gasteiger partial charge < -0.3 is 15.4 Å². The Balaban J connectivity index is 1.88. The Hall–Kier alpha value is -3.18. The fourth-order valence-corrected chi connectivity index (χ4v) is 2.60. The smallest absolute Gasteiger partial charge is 0.261 e. The van der Waals surface area contributed by atoms with Gasteiger partial charge in [0, 0.05) is 16.9 Å². The van der Waals surface area contributed by atoms with Gasteiger partial charge in [-0.05, 0) is 30.7 Å². The highest BCUT2D eigenvalue weighted by Crippen LogP contribution is 2.22. The van der Waals surface area contributed by atoms with Crippen molar-refractivity contribution < 1.29 is 9.90 Å². The molecular weight excluding hydrogens is 316 g/mol. The number of para-hydroxylation sites is 1. The summed E-state index contributed by atoms with van der Waals surface area (Å²) in [6.07, 6.45) is -0.727. The summed E-state index contributed by atoms with van der Waals surface area (Å²) in [6, 6.07) is 19.5. The molecule has 0 fully saturated rings. The van der Waals surface area contributed by atoms with Gasteiger partial charge in [-0.3, -0.25) is 9.59 Å². The molecule has 5 heteroatoms. The summed E-state index contributed by atoms with van der Waals surface area (Å²) in [7, 11) is 0. The number of rotatable bonds is 4. The van der Waals surface area contributed by atoms with Crippen molar-refractivity contribution in [3.63, 3.8) is 0 Å². The monoisotopic (exact) mass is 334 g/mol. The zero-order chi connectivity index (χ0) is 17.8. The molecule has 2 aromatic carbocycles. The van der Waals surface area contributed by atoms with E-state index in [9.17, 15) is 14.7 Å². The first-order valence-electron chi connectivity index (χ1n) is 7.93. The van der Waals surface area contributed by atoms with Crippen LogP contribution < -0.4 is 10.9 Å². The number of H-pyrrole nitrogens is 1. The number of carbonyl (C=O) groups excluding carboxylic acids is 1. The Bertz CT molecular complexity index is 946. The summed E-state index contributed by atoms with van der Waals surface area (Å²) in [5, 5.41) is 12.5. The van der Waals surface area contributed by atoms with Crippen LogP contribution in [0.2, 0.25) is 0 Å². The minimum atomic E-state index is -0.727. The Morgan fingerprint density at radius 1 is 1.00 bits per heavy atom. The van der Waals surface area contributed by atoms with E-state index >= 15 is 0 Å². The standard InChI is InChI=1S/C20H18N2O3/c1-13(23)15-9-5-6-10-18(15)22-20(25)16-11-12-17(21-19(16)24)14-7-3-2-4-8-14/h2-13,23H,1H3,(H,21,24)(H,22,25)/t13-/m0/s1. The molecule has 3 rings (SSSR count). The van der Waals surface area contributed by atoms with Gasteiger partial charge in [0.15, 0.2) is 0 Å². The van der Waals surface area contributed by atoms with Crippen LogP contribution in [-0.2, 0) is 0 Å². The second-order valence-corrected chi connectivity index (χ2v) is 5.70. The molecule has 1 amide bonds. The lowest BCUT2D eigenvalue weighted by Crippen LogP contribution is -2.23. The lowest BCUT2D eigenvalue weighted by molar-refractivity contribution is 0.102. The van der Waals surface area contributed by atoms with Crippen molar-refractivity contribution in [3.05, 3.63) is 88.2 Å². The quantitative estimate of drug-likeness (QED) is 0.684. The van der Waals surface area contributed by atoms with Gasteiger partial charge in [0.05, 0.1) is 6.10 Å². The number of aromatic nitrogens is 1. The number of pyridine rings is 1. The molecule has 5 nitrogen and oxygen atoms in total. The third-order valence-corrected chi connectivity index (χ3v) is 3.90. The van der Waals surface area contributed by atoms with Crippen molar-refractivity contribution in [2.24, 2.45) is 0 Å². The van der Waals surface area contributed by atoms with Crippen molar-refractivity contribution in [1.82, 2.24) is 4.98 Å². The Morgan fingerprint density at radius 3 is 2.36 bits per heavy atom. The highest BCUT2D eigenvalue weighted by molar-refractivity contribution is 6.04. The number of hydrogen-bond acceptors (Lipinski definition) is 3. The summed E-state index contributed by atoms with van der Waals surface area (Å²) < 4.78 is 0. The maximum atomic E-state index is 12.4. The summed E-state index contributed by atoms with van der Waals surface area (Å²) in [4.78, 5) is 27.5. The van der Waals surface area contributed by atoms with Crippen LogP contribution >= 0.6 is 0 Å². The van der Waals surface area contributed by atoms with E-state index in [1.54, 1.807) is 37.3 Å². The minimum Gasteiger partial charge on any atom is -0.389 e. The summed E-state index contributed by atoms with van der Waals surface area (Å²) in [6.45, 7) is 1.62. The molecule has 1 atom stereocenters. The molecule has 0 aliphatic heterocycles. The predicted molar refractivity (Wildman–Crippen MR) is 97.5 cm³/mol. The lowest BCUT2D eigenvalue weighted by Gasteiger charge is -2.13. The van der Waals surface area contributed by atoms with Gasteiger partial charge in [0.25, 0.3) is 11.5 Å². The van der Waals surface area contributed by atoms with E-state index in [4.69, 9.17) is 0 Å². The number of anilines is 1. The first-order chi connectivity index (χ1) is 12.1. The van der Waals surface area contributed by atoms with E-state index in [1.807, 2.05) is 30.3 Å². The highest BCUT2D eigenvalue weighted by atomic mass is 16.3. The van der Waals surface area contributed by atoms with Crippen LogP contribution in [0.5, 0.6) is 0 Å². The molecule has 0 saturated heterocycles. The number of amides is 1. The van der Waals surface area contributed by atoms with E-state index < -0.39 is 17.6 Å². The van der Waals surface area contributed by atoms with Crippen LogP contribution in [0.3, 0.4) is 0 Å². The van der Waals surface area contributed by atoms with Crippen molar-refractivity contribution in [3.8, 4) is 11.3 Å². The average Bonchev–Trinajstić information content (AvgIpc) is 2.62. The topological polar surface area (TPSA) is 82.2 Å². The SMILES string of the molecule is C[C@H](O)c1ccccc1NC(=O)c1ccc(-c2ccccc2)[nH]c1=O. The van der Waals surface area contributed by atoms with E-state index in [1.165, 1.54) is 6.07 Å². The van der Waals surface area contributed by atoms with Crippen LogP contribution in [-0.4, -0.2) is 16.0 Å². The third-order valence-electron chi connectivity index (χ3n) is 3.90. The molecule has 0 saturated carbocycles. The average molecular weight is 334 g/mol. The second-order valence-electron chi connectivity index (χ2n) is 5.70. The molecule has 0 unspecified atom stereocenters. The van der Waals surface area contributed by atoms with Gasteiger partial charge >= 0.3 is 0 Å². The van der Waals surface area contributed by atoms with E-state index in [0.717, 1.165) is 5.56 Å². The summed E-state index contributed by atoms with van der Waals surface area (Å²) in [5.41, 5.74) is 2.13. The first kappa shape index (κ1) is 16.7. The van der Waals surface area contributed by atoms with Crippen LogP contribution in [0.25, 0.3) is 11.3 Å². The predicted octanol–water partition coefficient (Wildman–Crippen LogP) is 3.35. The number of aliphatic hydroxyl groups excluding tert-OH is 1. The van der Waals surface area contributed by atoms with Gasteiger partial charge in [0.2, 0.25) is 0 Å². The molecular formula is C20H18N2O3. The highest BCUT2D eigenvalue weighted by Gasteiger charge is 2.14. The number of hydrogen-bond donors (Lipinski definition) is 3. The number of carbonyl (C=O) groups is 1. The fraction of sp³-hybridized carbons (Fsp3) is 0.100. The third kappa shape index (κ3) is 3.67. The van der Waals surface area contributed by atoms with Crippen LogP contribution in [0.15, 0.2) is 71.5 Å². The Morgan fingerprint density at radius 2 is 1.68 bits per heavy atom. The van der Waals surface area contributed by atoms with Crippen LogP contribution in [0, 0.1) is 0 Å². The number of aromatic amines is 1. The maximum Gasteiger partial charge on any atom is 0.261 e. The fourth-order valence-electron chi connectivity index (χ4n) is 2.60. The first-order valence-corrected chi connectivity index (χ1v) is 7.93. The summed E-state index contributed by atoms with van der Waals surface area (Å²) in [5.74, 6) is -0.519. The minimum absolute atomic E-state index is 0.0140. The van der Waals surface area contributed by atoms with Crippen molar-refractivity contribution in [2.75, 3.05) is 5.32 Å². The van der Waals surface area contributed by atoms with E-state index in [0.29, 0.717) is 16.9 Å². The zero-order valence-electron chi connectivity index (χ0n) is 13.7. The normalized spacial score (nSPS) is 11.8. The molecule has 25 heavy (non-hydrogen) atoms. The molecule has 0 spiro atoms. The molecule has 1 aromatic heterocycles. The molecule has 3 N–H and O–H groups in total. The van der Waals surface area contributed by atoms with Gasteiger partial charge in [-0.25, -0.2) is 0 Å². The number of benzene rings is 2. The molecule has 0 bridgehead atoms. The van der Waals surface area contributed by atoms with Gasteiger partial charge in [-0.1, -0.05) is 48.5 Å². The zero-order valence-corrected chi connectivity index (χ0v) is 13.7. The van der Waals surface area contributed by atoms with Crippen LogP contribution in [0.1, 0.15) is 28.9 Å². The van der Waals surface area contributed by atoms with Crippen molar-refractivity contribution in [1.29, 1.82) is 0 Å². The largest absolute Gasteiger partial charge is 0.389 e. The van der Waals surface area contributed by atoms with Crippen LogP contribution in [0.4, 0.5) is 5.69 Å². The maximum absolute atomic E-state index is 12.4. The van der Waals surface area contributed by atoms with Crippen molar-refractivity contribution >= 4 is 11.6 Å². The van der Waals surface area contributed by atoms with Crippen molar-refractivity contribution in [2.45, 2.75) is 13.0 Å². The van der Waals surface area contributed by atoms with Gasteiger partial charge in [-0.15, -0.1) is 0 Å². The number of nitrogens with one attached hydrogen (secondary N) is 2. The number of aliphatic hydroxyl groups is 1. The van der Waals surface area contributed by atoms with Gasteiger partial charge in [0.1, 0.15) is 5.56 Å². The Kier molecular flexibility index (Phi) is 4.77. The summed E-state index contributed by atoms with van der Waals surface area (Å²) >= 11 is 0. The second kappa shape index (κ2) is 7.15. The molecule has 0 aliphatic rings. The lowest BCUT2D eigenvalue weighted by atomic mass is 10.1. The molecule has 126 valence electrons. The van der Waals surface area contributed by atoms with E-state index in [2.05, 4.69) is 10.3 Å². The molecule has 1 heterocycles. The molecule has 0 radical (unpaired) electrons. The van der Waals surface area contributed by atoms with E-state index in [-0.39, 0.29) is 5.56 Å².